The Kier molecular flexibility index (Phi) is 9.77. The van der Waals surface area contributed by atoms with Crippen molar-refractivity contribution in [2.24, 2.45) is 4.99 Å². The number of ether oxygens (including phenoxy) is 1. The number of aromatic nitrogens is 1. The first-order chi connectivity index (χ1) is 19.0. The topological polar surface area (TPSA) is 78.8 Å². The molecule has 4 rings (SSSR count). The van der Waals surface area contributed by atoms with Crippen molar-refractivity contribution in [3.63, 3.8) is 0 Å². The molecule has 0 aliphatic rings. The number of pyridine rings is 1. The van der Waals surface area contributed by atoms with Crippen molar-refractivity contribution < 1.29 is 9.84 Å². The van der Waals surface area contributed by atoms with Crippen LogP contribution in [0.4, 0.5) is 0 Å². The van der Waals surface area contributed by atoms with Gasteiger partial charge in [-0.2, -0.15) is 0 Å². The number of nitrogens with zero attached hydrogens (tertiary/aromatic N) is 2. The Bertz CT molecular complexity index is 1440. The largest absolute Gasteiger partial charge is 0.349 e. The number of hydrogen-bond acceptors (Lipinski definition) is 5. The van der Waals surface area contributed by atoms with Gasteiger partial charge < -0.3 is 15.2 Å². The van der Waals surface area contributed by atoms with Crippen LogP contribution in [0.3, 0.4) is 0 Å². The number of aliphatic hydroxyl groups is 1. The summed E-state index contributed by atoms with van der Waals surface area (Å²) in [5.41, 5.74) is 4.11. The predicted molar refractivity (Wildman–Crippen MR) is 166 cm³/mol. The molecule has 1 heterocycles. The van der Waals surface area contributed by atoms with Crippen LogP contribution in [-0.4, -0.2) is 27.6 Å². The molecule has 0 spiro atoms. The van der Waals surface area contributed by atoms with E-state index in [0.717, 1.165) is 32.8 Å². The molecule has 0 amide bonds. The lowest BCUT2D eigenvalue weighted by atomic mass is 9.95. The van der Waals surface area contributed by atoms with Gasteiger partial charge in [-0.05, 0) is 91.9 Å². The second-order valence-corrected chi connectivity index (χ2v) is 12.0. The van der Waals surface area contributed by atoms with Crippen molar-refractivity contribution in [3.05, 3.63) is 107 Å². The zero-order valence-corrected chi connectivity index (χ0v) is 25.1. The molecule has 0 saturated carbocycles. The van der Waals surface area contributed by atoms with Gasteiger partial charge in [0.25, 0.3) is 0 Å². The first-order valence-electron chi connectivity index (χ1n) is 12.7. The summed E-state index contributed by atoms with van der Waals surface area (Å²) in [6.45, 7) is 7.40. The first kappa shape index (κ1) is 29.9. The van der Waals surface area contributed by atoms with Gasteiger partial charge in [0.05, 0.1) is 17.8 Å². The Hall–Kier alpha value is -3.07. The van der Waals surface area contributed by atoms with E-state index in [2.05, 4.69) is 10.0 Å². The summed E-state index contributed by atoms with van der Waals surface area (Å²) in [5, 5.41) is 15.2. The Morgan fingerprint density at radius 1 is 0.875 bits per heavy atom. The van der Waals surface area contributed by atoms with Crippen LogP contribution < -0.4 is 10.0 Å². The van der Waals surface area contributed by atoms with Crippen LogP contribution in [0, 0.1) is 0 Å². The first-order valence-corrected chi connectivity index (χ1v) is 14.3. The maximum absolute atomic E-state index is 10.9. The molecule has 3 aromatic carbocycles. The third-order valence-electron chi connectivity index (χ3n) is 5.53. The van der Waals surface area contributed by atoms with Crippen LogP contribution in [0.15, 0.2) is 101 Å². The number of hydrogen-bond donors (Lipinski definition) is 3. The van der Waals surface area contributed by atoms with Crippen LogP contribution >= 0.6 is 35.1 Å². The summed E-state index contributed by atoms with van der Waals surface area (Å²) >= 11 is 13.7. The molecular formula is C31H32Cl2N4O2S. The molecule has 0 aliphatic heterocycles. The van der Waals surface area contributed by atoms with E-state index in [4.69, 9.17) is 37.9 Å². The maximum atomic E-state index is 10.9. The molecule has 1 atom stereocenters. The number of rotatable bonds is 8. The summed E-state index contributed by atoms with van der Waals surface area (Å²) in [6, 6.07) is 27.2. The molecule has 208 valence electrons. The highest BCUT2D eigenvalue weighted by atomic mass is 35.5. The van der Waals surface area contributed by atoms with E-state index in [1.54, 1.807) is 6.92 Å². The molecule has 0 saturated heterocycles. The van der Waals surface area contributed by atoms with E-state index in [0.29, 0.717) is 16.0 Å². The normalized spacial score (nSPS) is 13.5. The van der Waals surface area contributed by atoms with Gasteiger partial charge in [-0.15, -0.1) is 0 Å². The summed E-state index contributed by atoms with van der Waals surface area (Å²) in [5.74, 6) is -1.32. The highest BCUT2D eigenvalue weighted by Gasteiger charge is 2.29. The minimum Gasteiger partial charge on any atom is -0.349 e. The van der Waals surface area contributed by atoms with Gasteiger partial charge in [-0.1, -0.05) is 65.7 Å². The fraction of sp³-hybridized carbons (Fsp3) is 0.226. The number of halogens is 2. The van der Waals surface area contributed by atoms with E-state index in [-0.39, 0.29) is 6.54 Å². The van der Waals surface area contributed by atoms with E-state index >= 15 is 0 Å². The lowest BCUT2D eigenvalue weighted by Gasteiger charge is -2.33. The van der Waals surface area contributed by atoms with Crippen LogP contribution in [0.2, 0.25) is 10.0 Å². The summed E-state index contributed by atoms with van der Waals surface area (Å²) in [7, 11) is 0. The molecular weight excluding hydrogens is 563 g/mol. The van der Waals surface area contributed by atoms with Crippen LogP contribution in [0.5, 0.6) is 0 Å². The second kappa shape index (κ2) is 13.1. The smallest absolute Gasteiger partial charge is 0.246 e. The quantitative estimate of drug-likeness (QED) is 0.0831. The molecule has 0 fully saturated rings. The standard InChI is InChI=1S/C31H32Cl2N4O2S/c1-30(2,3)39-31(4,38)36-29(37-40-26-8-6-5-7-9-26)35-19-25-18-27(21-10-14-23(32)15-11-21)28(20-34-25)22-12-16-24(33)17-13-22/h5-18,20,38H,19H2,1-4H3,(H2,35,36,37). The molecule has 6 nitrogen and oxygen atoms in total. The Morgan fingerprint density at radius 3 is 2.02 bits per heavy atom. The second-order valence-electron chi connectivity index (χ2n) is 10.2. The molecule has 0 aliphatic carbocycles. The van der Waals surface area contributed by atoms with Crippen molar-refractivity contribution in [1.29, 1.82) is 0 Å². The molecule has 4 aromatic rings. The fourth-order valence-electron chi connectivity index (χ4n) is 4.01. The summed E-state index contributed by atoms with van der Waals surface area (Å²) in [6.07, 6.45) is 1.84. The highest BCUT2D eigenvalue weighted by Crippen LogP contribution is 2.33. The lowest BCUT2D eigenvalue weighted by molar-refractivity contribution is -0.250. The average Bonchev–Trinajstić information content (AvgIpc) is 2.90. The number of guanidine groups is 1. The number of aliphatic imine (C=N–C) groups is 1. The highest BCUT2D eigenvalue weighted by molar-refractivity contribution is 7.98. The minimum absolute atomic E-state index is 0.248. The van der Waals surface area contributed by atoms with Gasteiger partial charge in [-0.25, -0.2) is 4.99 Å². The van der Waals surface area contributed by atoms with Gasteiger partial charge in [0.2, 0.25) is 11.9 Å². The van der Waals surface area contributed by atoms with Gasteiger partial charge in [0, 0.05) is 33.6 Å². The lowest BCUT2D eigenvalue weighted by Crippen LogP contribution is -2.54. The van der Waals surface area contributed by atoms with Crippen molar-refractivity contribution >= 4 is 41.1 Å². The molecule has 9 heteroatoms. The third kappa shape index (κ3) is 8.98. The third-order valence-corrected chi connectivity index (χ3v) is 6.84. The zero-order valence-electron chi connectivity index (χ0n) is 22.8. The Morgan fingerprint density at radius 2 is 1.45 bits per heavy atom. The van der Waals surface area contributed by atoms with E-state index in [9.17, 15) is 5.11 Å². The van der Waals surface area contributed by atoms with Gasteiger partial charge in [-0.3, -0.25) is 9.71 Å². The van der Waals surface area contributed by atoms with Crippen molar-refractivity contribution in [2.45, 2.75) is 50.6 Å². The molecule has 40 heavy (non-hydrogen) atoms. The molecule has 0 bridgehead atoms. The molecule has 1 unspecified atom stereocenters. The number of benzene rings is 3. The molecule has 0 radical (unpaired) electrons. The van der Waals surface area contributed by atoms with E-state index in [1.165, 1.54) is 11.9 Å². The zero-order chi connectivity index (χ0) is 28.8. The Labute approximate surface area is 250 Å². The fourth-order valence-corrected chi connectivity index (χ4v) is 4.88. The predicted octanol–water partition coefficient (Wildman–Crippen LogP) is 7.95. The van der Waals surface area contributed by atoms with Crippen molar-refractivity contribution in [3.8, 4) is 22.3 Å². The monoisotopic (exact) mass is 594 g/mol. The van der Waals surface area contributed by atoms with Gasteiger partial charge in [0.1, 0.15) is 0 Å². The maximum Gasteiger partial charge on any atom is 0.246 e. The van der Waals surface area contributed by atoms with Crippen LogP contribution in [0.25, 0.3) is 22.3 Å². The summed E-state index contributed by atoms with van der Waals surface area (Å²) < 4.78 is 9.00. The Balaban J connectivity index is 1.65. The average molecular weight is 596 g/mol. The minimum atomic E-state index is -1.67. The van der Waals surface area contributed by atoms with Crippen molar-refractivity contribution in [2.75, 3.05) is 0 Å². The van der Waals surface area contributed by atoms with Crippen LogP contribution in [0.1, 0.15) is 33.4 Å². The van der Waals surface area contributed by atoms with E-state index < -0.39 is 11.5 Å². The number of nitrogens with one attached hydrogen (secondary N) is 2. The van der Waals surface area contributed by atoms with Crippen LogP contribution in [-0.2, 0) is 11.3 Å². The molecule has 1 aromatic heterocycles. The SMILES string of the molecule is CC(C)(C)OC(C)(O)NC(=NCc1cc(-c2ccc(Cl)cc2)c(-c2ccc(Cl)cc2)cn1)NSc1ccccc1. The van der Waals surface area contributed by atoms with E-state index in [1.807, 2.05) is 112 Å². The van der Waals surface area contributed by atoms with Gasteiger partial charge in [0.15, 0.2) is 0 Å². The van der Waals surface area contributed by atoms with Gasteiger partial charge >= 0.3 is 0 Å². The van der Waals surface area contributed by atoms with Crippen molar-refractivity contribution in [1.82, 2.24) is 15.0 Å². The summed E-state index contributed by atoms with van der Waals surface area (Å²) in [4.78, 5) is 10.4. The molecule has 3 N–H and O–H groups in total.